The van der Waals surface area contributed by atoms with Gasteiger partial charge in [0, 0.05) is 6.54 Å². The number of rotatable bonds is 7. The molecule has 1 aliphatic heterocycles. The van der Waals surface area contributed by atoms with E-state index < -0.39 is 0 Å². The highest BCUT2D eigenvalue weighted by Crippen LogP contribution is 2.35. The van der Waals surface area contributed by atoms with Gasteiger partial charge in [0.05, 0.1) is 22.1 Å². The Kier molecular flexibility index (Phi) is 7.24. The number of hydrogen-bond acceptors (Lipinski definition) is 5. The summed E-state index contributed by atoms with van der Waals surface area (Å²) in [5.41, 5.74) is 1.69. The fourth-order valence-corrected chi connectivity index (χ4v) is 4.22. The van der Waals surface area contributed by atoms with Gasteiger partial charge in [-0.25, -0.2) is 0 Å². The van der Waals surface area contributed by atoms with Crippen molar-refractivity contribution < 1.29 is 14.3 Å². The number of methoxy groups -OCH3 is 1. The number of thioether (sulfide) groups is 1. The average Bonchev–Trinajstić information content (AvgIpc) is 2.97. The Morgan fingerprint density at radius 1 is 1.17 bits per heavy atom. The van der Waals surface area contributed by atoms with Crippen LogP contribution in [0.15, 0.2) is 54.0 Å². The molecule has 0 spiro atoms. The first-order valence-electron chi connectivity index (χ1n) is 8.54. The fourth-order valence-electron chi connectivity index (χ4n) is 2.62. The van der Waals surface area contributed by atoms with Crippen molar-refractivity contribution in [1.29, 1.82) is 0 Å². The number of ether oxygens (including phenoxy) is 2. The summed E-state index contributed by atoms with van der Waals surface area (Å²) in [4.78, 5) is 14.5. The molecule has 2 aromatic rings. The van der Waals surface area contributed by atoms with Crippen LogP contribution in [0, 0.1) is 0 Å². The van der Waals surface area contributed by atoms with Gasteiger partial charge in [-0.15, -0.1) is 6.58 Å². The number of carbonyl (C=O) groups excluding carboxylic acids is 1. The first-order chi connectivity index (χ1) is 13.9. The fraction of sp³-hybridized carbons (Fsp3) is 0.143. The van der Waals surface area contributed by atoms with Crippen LogP contribution < -0.4 is 9.47 Å². The molecule has 0 atom stereocenters. The molecule has 1 aliphatic rings. The zero-order chi connectivity index (χ0) is 21.0. The number of hydrogen-bond donors (Lipinski definition) is 0. The van der Waals surface area contributed by atoms with Gasteiger partial charge in [-0.1, -0.05) is 65.4 Å². The van der Waals surface area contributed by atoms with Gasteiger partial charge in [0.25, 0.3) is 5.91 Å². The SMILES string of the molecule is C=CCN1C(=O)/C(=C\c2ccc(OCc3ccc(Cl)c(Cl)c3)c(OC)c2)SC1=S. The van der Waals surface area contributed by atoms with Crippen LogP contribution in [0.4, 0.5) is 0 Å². The summed E-state index contributed by atoms with van der Waals surface area (Å²) in [7, 11) is 1.56. The van der Waals surface area contributed by atoms with Crippen LogP contribution in [-0.4, -0.2) is 28.8 Å². The Balaban J connectivity index is 1.76. The third-order valence-corrected chi connectivity index (χ3v) is 6.17. The van der Waals surface area contributed by atoms with Gasteiger partial charge in [-0.2, -0.15) is 0 Å². The minimum Gasteiger partial charge on any atom is -0.493 e. The Morgan fingerprint density at radius 3 is 2.66 bits per heavy atom. The number of carbonyl (C=O) groups is 1. The predicted molar refractivity (Wildman–Crippen MR) is 124 cm³/mol. The Labute approximate surface area is 189 Å². The molecule has 0 bridgehead atoms. The van der Waals surface area contributed by atoms with Crippen LogP contribution >= 0.6 is 47.2 Å². The monoisotopic (exact) mass is 465 g/mol. The number of halogens is 2. The van der Waals surface area contributed by atoms with E-state index in [1.807, 2.05) is 18.2 Å². The van der Waals surface area contributed by atoms with Gasteiger partial charge in [0.15, 0.2) is 11.5 Å². The van der Waals surface area contributed by atoms with Crippen molar-refractivity contribution in [3.63, 3.8) is 0 Å². The highest BCUT2D eigenvalue weighted by atomic mass is 35.5. The smallest absolute Gasteiger partial charge is 0.266 e. The van der Waals surface area contributed by atoms with Gasteiger partial charge in [0.1, 0.15) is 10.9 Å². The molecule has 0 aromatic heterocycles. The molecule has 0 saturated carbocycles. The largest absolute Gasteiger partial charge is 0.493 e. The predicted octanol–water partition coefficient (Wildman–Crippen LogP) is 5.97. The van der Waals surface area contributed by atoms with Crippen molar-refractivity contribution >= 4 is 63.5 Å². The van der Waals surface area contributed by atoms with Crippen LogP contribution in [0.25, 0.3) is 6.08 Å². The summed E-state index contributed by atoms with van der Waals surface area (Å²) in [5.74, 6) is 1.01. The lowest BCUT2D eigenvalue weighted by molar-refractivity contribution is -0.121. The van der Waals surface area contributed by atoms with Gasteiger partial charge < -0.3 is 9.47 Å². The highest BCUT2D eigenvalue weighted by Gasteiger charge is 2.31. The lowest BCUT2D eigenvalue weighted by Gasteiger charge is -2.12. The number of benzene rings is 2. The van der Waals surface area contributed by atoms with Gasteiger partial charge in [-0.3, -0.25) is 9.69 Å². The van der Waals surface area contributed by atoms with Gasteiger partial charge in [-0.05, 0) is 41.5 Å². The normalized spacial score (nSPS) is 15.1. The minimum atomic E-state index is -0.126. The minimum absolute atomic E-state index is 0.126. The molecule has 29 heavy (non-hydrogen) atoms. The van der Waals surface area contributed by atoms with E-state index in [0.717, 1.165) is 11.1 Å². The highest BCUT2D eigenvalue weighted by molar-refractivity contribution is 8.26. The molecule has 0 radical (unpaired) electrons. The summed E-state index contributed by atoms with van der Waals surface area (Å²) in [5, 5.41) is 0.972. The zero-order valence-corrected chi connectivity index (χ0v) is 18.6. The second-order valence-electron chi connectivity index (χ2n) is 6.03. The summed E-state index contributed by atoms with van der Waals surface area (Å²) in [6, 6.07) is 10.8. The van der Waals surface area contributed by atoms with Crippen molar-refractivity contribution in [2.75, 3.05) is 13.7 Å². The summed E-state index contributed by atoms with van der Waals surface area (Å²) >= 11 is 18.5. The molecule has 8 heteroatoms. The molecule has 1 saturated heterocycles. The lowest BCUT2D eigenvalue weighted by Crippen LogP contribution is -2.27. The molecule has 150 valence electrons. The van der Waals surface area contributed by atoms with E-state index in [2.05, 4.69) is 6.58 Å². The van der Waals surface area contributed by atoms with E-state index in [1.165, 1.54) is 16.7 Å². The van der Waals surface area contributed by atoms with Crippen molar-refractivity contribution in [3.8, 4) is 11.5 Å². The van der Waals surface area contributed by atoms with E-state index in [-0.39, 0.29) is 5.91 Å². The molecule has 1 fully saturated rings. The quantitative estimate of drug-likeness (QED) is 0.286. The molecule has 2 aromatic carbocycles. The molecule has 0 unspecified atom stereocenters. The second-order valence-corrected chi connectivity index (χ2v) is 8.52. The Morgan fingerprint density at radius 2 is 1.97 bits per heavy atom. The first kappa shape index (κ1) is 21.7. The maximum atomic E-state index is 12.5. The standard InChI is InChI=1S/C21H17Cl2NO3S2/c1-3-8-24-20(25)19(29-21(24)28)11-13-5-7-17(18(10-13)26-2)27-12-14-4-6-15(22)16(23)9-14/h3-7,9-11H,1,8,12H2,2H3/b19-11+. The maximum absolute atomic E-state index is 12.5. The summed E-state index contributed by atoms with van der Waals surface area (Å²) in [6.45, 7) is 4.36. The summed E-state index contributed by atoms with van der Waals surface area (Å²) in [6.07, 6.45) is 3.43. The Bertz CT molecular complexity index is 1010. The number of amides is 1. The van der Waals surface area contributed by atoms with Crippen LogP contribution in [-0.2, 0) is 11.4 Å². The molecular weight excluding hydrogens is 449 g/mol. The van der Waals surface area contributed by atoms with Crippen molar-refractivity contribution in [1.82, 2.24) is 4.90 Å². The van der Waals surface area contributed by atoms with Crippen molar-refractivity contribution in [2.45, 2.75) is 6.61 Å². The number of thiocarbonyl (C=S) groups is 1. The maximum Gasteiger partial charge on any atom is 0.266 e. The third-order valence-electron chi connectivity index (χ3n) is 4.05. The molecule has 0 aliphatic carbocycles. The average molecular weight is 466 g/mol. The zero-order valence-electron chi connectivity index (χ0n) is 15.5. The van der Waals surface area contributed by atoms with E-state index >= 15 is 0 Å². The van der Waals surface area contributed by atoms with E-state index in [9.17, 15) is 4.79 Å². The van der Waals surface area contributed by atoms with E-state index in [4.69, 9.17) is 44.9 Å². The number of nitrogens with zero attached hydrogens (tertiary/aromatic N) is 1. The van der Waals surface area contributed by atoms with Crippen LogP contribution in [0.3, 0.4) is 0 Å². The molecule has 1 amide bonds. The van der Waals surface area contributed by atoms with E-state index in [1.54, 1.807) is 37.5 Å². The summed E-state index contributed by atoms with van der Waals surface area (Å²) < 4.78 is 11.8. The third kappa shape index (κ3) is 5.14. The molecular formula is C21H17Cl2NO3S2. The van der Waals surface area contributed by atoms with Crippen LogP contribution in [0.2, 0.25) is 10.0 Å². The van der Waals surface area contributed by atoms with Crippen LogP contribution in [0.1, 0.15) is 11.1 Å². The second kappa shape index (κ2) is 9.67. The topological polar surface area (TPSA) is 38.8 Å². The molecule has 1 heterocycles. The van der Waals surface area contributed by atoms with Gasteiger partial charge in [0.2, 0.25) is 0 Å². The molecule has 4 nitrogen and oxygen atoms in total. The van der Waals surface area contributed by atoms with Crippen LogP contribution in [0.5, 0.6) is 11.5 Å². The first-order valence-corrected chi connectivity index (χ1v) is 10.5. The van der Waals surface area contributed by atoms with Crippen molar-refractivity contribution in [3.05, 3.63) is 75.1 Å². The van der Waals surface area contributed by atoms with Crippen molar-refractivity contribution in [2.24, 2.45) is 0 Å². The molecule has 3 rings (SSSR count). The van der Waals surface area contributed by atoms with E-state index in [0.29, 0.717) is 43.9 Å². The molecule has 0 N–H and O–H groups in total. The van der Waals surface area contributed by atoms with Gasteiger partial charge >= 0.3 is 0 Å². The lowest BCUT2D eigenvalue weighted by atomic mass is 10.1. The Hall–Kier alpha value is -1.99.